The molecule has 0 aliphatic heterocycles. The summed E-state index contributed by atoms with van der Waals surface area (Å²) in [5.74, 6) is 1.05. The SMILES string of the molecule is CSCCCCNS(=O)(=O)c1ccc(C)cc1N. The van der Waals surface area contributed by atoms with Crippen molar-refractivity contribution in [1.82, 2.24) is 4.72 Å². The molecule has 0 fully saturated rings. The summed E-state index contributed by atoms with van der Waals surface area (Å²) in [7, 11) is -3.48. The summed E-state index contributed by atoms with van der Waals surface area (Å²) in [5.41, 5.74) is 6.99. The lowest BCUT2D eigenvalue weighted by Gasteiger charge is -2.09. The standard InChI is InChI=1S/C12H20N2O2S2/c1-10-5-6-12(11(13)9-10)18(15,16)14-7-3-4-8-17-2/h5-6,9,14H,3-4,7-8,13H2,1-2H3. The first-order valence-electron chi connectivity index (χ1n) is 5.82. The first-order valence-corrected chi connectivity index (χ1v) is 8.70. The predicted molar refractivity (Wildman–Crippen MR) is 78.4 cm³/mol. The number of aryl methyl sites for hydroxylation is 1. The normalized spacial score (nSPS) is 11.7. The highest BCUT2D eigenvalue weighted by Gasteiger charge is 2.16. The zero-order valence-corrected chi connectivity index (χ0v) is 12.4. The van der Waals surface area contributed by atoms with Crippen molar-refractivity contribution in [3.63, 3.8) is 0 Å². The van der Waals surface area contributed by atoms with E-state index in [0.717, 1.165) is 24.2 Å². The third-order valence-corrected chi connectivity index (χ3v) is 4.75. The molecule has 0 atom stereocenters. The van der Waals surface area contributed by atoms with Gasteiger partial charge in [0.1, 0.15) is 4.90 Å². The molecule has 4 nitrogen and oxygen atoms in total. The first kappa shape index (κ1) is 15.3. The number of hydrogen-bond acceptors (Lipinski definition) is 4. The Morgan fingerprint density at radius 2 is 2.06 bits per heavy atom. The minimum absolute atomic E-state index is 0.165. The van der Waals surface area contributed by atoms with Crippen molar-refractivity contribution >= 4 is 27.5 Å². The maximum Gasteiger partial charge on any atom is 0.242 e. The van der Waals surface area contributed by atoms with Crippen LogP contribution < -0.4 is 10.5 Å². The molecule has 0 heterocycles. The topological polar surface area (TPSA) is 72.2 Å². The van der Waals surface area contributed by atoms with Crippen LogP contribution in [0.3, 0.4) is 0 Å². The number of benzene rings is 1. The second kappa shape index (κ2) is 7.01. The third-order valence-electron chi connectivity index (χ3n) is 2.52. The van der Waals surface area contributed by atoms with E-state index in [4.69, 9.17) is 5.73 Å². The van der Waals surface area contributed by atoms with Gasteiger partial charge in [-0.05, 0) is 49.5 Å². The number of nitrogen functional groups attached to an aromatic ring is 1. The molecule has 6 heteroatoms. The number of anilines is 1. The van der Waals surface area contributed by atoms with Crippen LogP contribution in [0.5, 0.6) is 0 Å². The van der Waals surface area contributed by atoms with E-state index >= 15 is 0 Å². The van der Waals surface area contributed by atoms with Crippen molar-refractivity contribution in [3.05, 3.63) is 23.8 Å². The average Bonchev–Trinajstić information content (AvgIpc) is 2.28. The number of thioether (sulfide) groups is 1. The molecule has 0 bridgehead atoms. The Labute approximate surface area is 113 Å². The number of rotatable bonds is 7. The molecule has 0 aromatic heterocycles. The molecule has 0 aliphatic rings. The van der Waals surface area contributed by atoms with Gasteiger partial charge in [-0.15, -0.1) is 0 Å². The number of sulfonamides is 1. The molecule has 1 aromatic rings. The highest BCUT2D eigenvalue weighted by Crippen LogP contribution is 2.19. The molecule has 3 N–H and O–H groups in total. The Kier molecular flexibility index (Phi) is 5.98. The molecule has 0 unspecified atom stereocenters. The minimum atomic E-state index is -3.48. The van der Waals surface area contributed by atoms with Crippen LogP contribution in [0.4, 0.5) is 5.69 Å². The molecule has 0 saturated carbocycles. The molecule has 1 rings (SSSR count). The Hall–Kier alpha value is -0.720. The van der Waals surface area contributed by atoms with Gasteiger partial charge in [-0.2, -0.15) is 11.8 Å². The lowest BCUT2D eigenvalue weighted by Crippen LogP contribution is -2.25. The van der Waals surface area contributed by atoms with Crippen molar-refractivity contribution in [2.24, 2.45) is 0 Å². The molecule has 0 spiro atoms. The van der Waals surface area contributed by atoms with Gasteiger partial charge in [0.15, 0.2) is 0 Å². The average molecular weight is 288 g/mol. The zero-order valence-electron chi connectivity index (χ0n) is 10.8. The Bertz CT molecular complexity index is 487. The van der Waals surface area contributed by atoms with Crippen molar-refractivity contribution in [2.75, 3.05) is 24.3 Å². The van der Waals surface area contributed by atoms with E-state index in [9.17, 15) is 8.42 Å². The second-order valence-corrected chi connectivity index (χ2v) is 6.86. The van der Waals surface area contributed by atoms with Gasteiger partial charge in [0.25, 0.3) is 0 Å². The molecule has 0 amide bonds. The number of hydrogen-bond donors (Lipinski definition) is 2. The van der Waals surface area contributed by atoms with Crippen LogP contribution in [0, 0.1) is 6.92 Å². The molecular weight excluding hydrogens is 268 g/mol. The predicted octanol–water partition coefficient (Wildman–Crippen LogP) is 2.00. The summed E-state index contributed by atoms with van der Waals surface area (Å²) in [6.07, 6.45) is 3.88. The van der Waals surface area contributed by atoms with Gasteiger partial charge in [0, 0.05) is 6.54 Å². The maximum absolute atomic E-state index is 12.0. The molecule has 1 aromatic carbocycles. The van der Waals surface area contributed by atoms with Crippen LogP contribution in [-0.4, -0.2) is 27.0 Å². The maximum atomic E-state index is 12.0. The quantitative estimate of drug-likeness (QED) is 0.594. The van der Waals surface area contributed by atoms with Crippen LogP contribution in [0.2, 0.25) is 0 Å². The van der Waals surface area contributed by atoms with Gasteiger partial charge in [0.05, 0.1) is 5.69 Å². The summed E-state index contributed by atoms with van der Waals surface area (Å²) >= 11 is 1.76. The zero-order chi connectivity index (χ0) is 13.6. The molecular formula is C12H20N2O2S2. The molecule has 0 aliphatic carbocycles. The summed E-state index contributed by atoms with van der Waals surface area (Å²) in [4.78, 5) is 0.165. The smallest absolute Gasteiger partial charge is 0.242 e. The van der Waals surface area contributed by atoms with E-state index in [1.807, 2.05) is 13.2 Å². The highest BCUT2D eigenvalue weighted by atomic mass is 32.2. The number of unbranched alkanes of at least 4 members (excludes halogenated alkanes) is 1. The lowest BCUT2D eigenvalue weighted by atomic mass is 10.2. The van der Waals surface area contributed by atoms with E-state index in [1.54, 1.807) is 30.0 Å². The summed E-state index contributed by atoms with van der Waals surface area (Å²) in [6, 6.07) is 4.97. The fourth-order valence-corrected chi connectivity index (χ4v) is 3.25. The van der Waals surface area contributed by atoms with Crippen molar-refractivity contribution in [3.8, 4) is 0 Å². The van der Waals surface area contributed by atoms with Crippen LogP contribution in [0.25, 0.3) is 0 Å². The Morgan fingerprint density at radius 3 is 2.67 bits per heavy atom. The van der Waals surface area contributed by atoms with Gasteiger partial charge in [-0.25, -0.2) is 13.1 Å². The van der Waals surface area contributed by atoms with Gasteiger partial charge < -0.3 is 5.73 Å². The van der Waals surface area contributed by atoms with E-state index < -0.39 is 10.0 Å². The Morgan fingerprint density at radius 1 is 1.33 bits per heavy atom. The van der Waals surface area contributed by atoms with Gasteiger partial charge in [-0.1, -0.05) is 6.07 Å². The molecule has 0 radical (unpaired) electrons. The molecule has 102 valence electrons. The number of nitrogens with one attached hydrogen (secondary N) is 1. The first-order chi connectivity index (χ1) is 8.47. The molecule has 0 saturated heterocycles. The second-order valence-electron chi connectivity index (χ2n) is 4.14. The Balaban J connectivity index is 2.63. The summed E-state index contributed by atoms with van der Waals surface area (Å²) in [6.45, 7) is 2.33. The van der Waals surface area contributed by atoms with Crippen molar-refractivity contribution in [2.45, 2.75) is 24.7 Å². The van der Waals surface area contributed by atoms with Gasteiger partial charge >= 0.3 is 0 Å². The van der Waals surface area contributed by atoms with Crippen LogP contribution in [-0.2, 0) is 10.0 Å². The van der Waals surface area contributed by atoms with E-state index in [1.165, 1.54) is 0 Å². The number of nitrogens with two attached hydrogens (primary N) is 1. The van der Waals surface area contributed by atoms with E-state index in [-0.39, 0.29) is 4.90 Å². The summed E-state index contributed by atoms with van der Waals surface area (Å²) < 4.78 is 26.6. The minimum Gasteiger partial charge on any atom is -0.398 e. The monoisotopic (exact) mass is 288 g/mol. The van der Waals surface area contributed by atoms with E-state index in [0.29, 0.717) is 12.2 Å². The van der Waals surface area contributed by atoms with E-state index in [2.05, 4.69) is 4.72 Å². The van der Waals surface area contributed by atoms with Gasteiger partial charge in [0.2, 0.25) is 10.0 Å². The van der Waals surface area contributed by atoms with Crippen molar-refractivity contribution < 1.29 is 8.42 Å². The van der Waals surface area contributed by atoms with Crippen molar-refractivity contribution in [1.29, 1.82) is 0 Å². The summed E-state index contributed by atoms with van der Waals surface area (Å²) in [5, 5.41) is 0. The van der Waals surface area contributed by atoms with Crippen LogP contribution in [0.15, 0.2) is 23.1 Å². The van der Waals surface area contributed by atoms with Crippen LogP contribution in [0.1, 0.15) is 18.4 Å². The van der Waals surface area contributed by atoms with Gasteiger partial charge in [-0.3, -0.25) is 0 Å². The highest BCUT2D eigenvalue weighted by molar-refractivity contribution is 7.98. The van der Waals surface area contributed by atoms with Crippen LogP contribution >= 0.6 is 11.8 Å². The molecule has 18 heavy (non-hydrogen) atoms. The third kappa shape index (κ3) is 4.51. The fourth-order valence-electron chi connectivity index (χ4n) is 1.57. The largest absolute Gasteiger partial charge is 0.398 e. The fraction of sp³-hybridized carbons (Fsp3) is 0.500. The lowest BCUT2D eigenvalue weighted by molar-refractivity contribution is 0.579.